The number of hydrogen-bond donors (Lipinski definition) is 3. The Hall–Kier alpha value is -3.63. The number of anilines is 1. The average Bonchev–Trinajstić information content (AvgIpc) is 2.77. The van der Waals surface area contributed by atoms with Crippen molar-refractivity contribution in [3.8, 4) is 0 Å². The van der Waals surface area contributed by atoms with E-state index in [-0.39, 0.29) is 12.1 Å². The third kappa shape index (κ3) is 6.43. The molecule has 0 saturated heterocycles. The zero-order valence-electron chi connectivity index (χ0n) is 17.5. The van der Waals surface area contributed by atoms with Crippen LogP contribution in [0.25, 0.3) is 0 Å². The Morgan fingerprint density at radius 2 is 1.67 bits per heavy atom. The lowest BCUT2D eigenvalue weighted by atomic mass is 10.1. The molecule has 0 aliphatic heterocycles. The lowest BCUT2D eigenvalue weighted by Crippen LogP contribution is -2.44. The zero-order valence-corrected chi connectivity index (χ0v) is 18.3. The summed E-state index contributed by atoms with van der Waals surface area (Å²) in [6.07, 6.45) is 0. The number of rotatable bonds is 8. The van der Waals surface area contributed by atoms with Crippen LogP contribution in [0.3, 0.4) is 0 Å². The first-order valence-electron chi connectivity index (χ1n) is 9.86. The molecule has 2 amide bonds. The molecule has 0 fully saturated rings. The molecule has 3 aromatic carbocycles. The SMILES string of the molecule is C[C@H](NS(=O)(=O)c1ccccc1F)C(=O)NCc1cccc(NC(=O)c2cccc(F)c2)c1. The molecule has 0 aromatic heterocycles. The molecule has 1 atom stereocenters. The molecule has 3 N–H and O–H groups in total. The summed E-state index contributed by atoms with van der Waals surface area (Å²) in [5.41, 5.74) is 1.22. The van der Waals surface area contributed by atoms with Crippen LogP contribution in [0.1, 0.15) is 22.8 Å². The molecule has 0 saturated carbocycles. The summed E-state index contributed by atoms with van der Waals surface area (Å²) < 4.78 is 53.9. The molecule has 0 aliphatic rings. The fourth-order valence-electron chi connectivity index (χ4n) is 2.95. The van der Waals surface area contributed by atoms with E-state index >= 15 is 0 Å². The lowest BCUT2D eigenvalue weighted by molar-refractivity contribution is -0.122. The molecular formula is C23H21F2N3O4S. The quantitative estimate of drug-likeness (QED) is 0.467. The molecule has 3 aromatic rings. The Labute approximate surface area is 189 Å². The van der Waals surface area contributed by atoms with Crippen LogP contribution in [0.2, 0.25) is 0 Å². The fraction of sp³-hybridized carbons (Fsp3) is 0.130. The third-order valence-electron chi connectivity index (χ3n) is 4.59. The van der Waals surface area contributed by atoms with E-state index in [4.69, 9.17) is 0 Å². The topological polar surface area (TPSA) is 104 Å². The number of carbonyl (C=O) groups excluding carboxylic acids is 2. The normalized spacial score (nSPS) is 12.1. The van der Waals surface area contributed by atoms with Crippen LogP contribution < -0.4 is 15.4 Å². The Morgan fingerprint density at radius 1 is 0.939 bits per heavy atom. The van der Waals surface area contributed by atoms with Crippen LogP contribution in [0.5, 0.6) is 0 Å². The predicted octanol–water partition coefficient (Wildman–Crippen LogP) is 3.20. The minimum absolute atomic E-state index is 0.0499. The standard InChI is InChI=1S/C23H21F2N3O4S/c1-15(28-33(31,32)21-11-3-2-10-20(21)25)22(29)26-14-16-6-4-9-19(12-16)27-23(30)17-7-5-8-18(24)13-17/h2-13,15,28H,14H2,1H3,(H,26,29)(H,27,30)/t15-/m0/s1. The van der Waals surface area contributed by atoms with Gasteiger partial charge in [0.25, 0.3) is 5.91 Å². The van der Waals surface area contributed by atoms with E-state index in [1.165, 1.54) is 37.3 Å². The van der Waals surface area contributed by atoms with Gasteiger partial charge in [0, 0.05) is 17.8 Å². The van der Waals surface area contributed by atoms with Gasteiger partial charge in [-0.15, -0.1) is 0 Å². The molecule has 172 valence electrons. The maximum Gasteiger partial charge on any atom is 0.255 e. The smallest absolute Gasteiger partial charge is 0.255 e. The molecule has 0 bridgehead atoms. The highest BCUT2D eigenvalue weighted by atomic mass is 32.2. The molecular weight excluding hydrogens is 452 g/mol. The molecule has 0 unspecified atom stereocenters. The van der Waals surface area contributed by atoms with Gasteiger partial charge in [0.1, 0.15) is 16.5 Å². The second kappa shape index (κ2) is 10.3. The lowest BCUT2D eigenvalue weighted by Gasteiger charge is -2.15. The highest BCUT2D eigenvalue weighted by Crippen LogP contribution is 2.15. The number of nitrogens with one attached hydrogen (secondary N) is 3. The molecule has 33 heavy (non-hydrogen) atoms. The number of benzene rings is 3. The van der Waals surface area contributed by atoms with E-state index in [0.717, 1.165) is 18.2 Å². The first-order chi connectivity index (χ1) is 15.7. The highest BCUT2D eigenvalue weighted by Gasteiger charge is 2.24. The average molecular weight is 474 g/mol. The van der Waals surface area contributed by atoms with Crippen LogP contribution in [0.4, 0.5) is 14.5 Å². The van der Waals surface area contributed by atoms with Gasteiger partial charge in [-0.2, -0.15) is 4.72 Å². The van der Waals surface area contributed by atoms with Crippen molar-refractivity contribution < 1.29 is 26.8 Å². The van der Waals surface area contributed by atoms with Gasteiger partial charge in [-0.1, -0.05) is 30.3 Å². The summed E-state index contributed by atoms with van der Waals surface area (Å²) >= 11 is 0. The Kier molecular flexibility index (Phi) is 7.52. The molecule has 0 radical (unpaired) electrons. The number of carbonyl (C=O) groups is 2. The van der Waals surface area contributed by atoms with Gasteiger partial charge in [0.2, 0.25) is 15.9 Å². The van der Waals surface area contributed by atoms with Gasteiger partial charge in [-0.05, 0) is 55.0 Å². The van der Waals surface area contributed by atoms with Gasteiger partial charge >= 0.3 is 0 Å². The van der Waals surface area contributed by atoms with Crippen LogP contribution >= 0.6 is 0 Å². The molecule has 0 aliphatic carbocycles. The van der Waals surface area contributed by atoms with Gasteiger partial charge in [-0.3, -0.25) is 9.59 Å². The third-order valence-corrected chi connectivity index (χ3v) is 6.16. The molecule has 0 spiro atoms. The van der Waals surface area contributed by atoms with E-state index in [2.05, 4.69) is 15.4 Å². The minimum Gasteiger partial charge on any atom is -0.351 e. The highest BCUT2D eigenvalue weighted by molar-refractivity contribution is 7.89. The summed E-state index contributed by atoms with van der Waals surface area (Å²) in [5, 5.41) is 5.23. The van der Waals surface area contributed by atoms with Crippen molar-refractivity contribution in [2.45, 2.75) is 24.4 Å². The molecule has 3 rings (SSSR count). The summed E-state index contributed by atoms with van der Waals surface area (Å²) in [6.45, 7) is 1.39. The first-order valence-corrected chi connectivity index (χ1v) is 11.3. The summed E-state index contributed by atoms with van der Waals surface area (Å²) in [4.78, 5) is 24.1. The minimum atomic E-state index is -4.23. The summed E-state index contributed by atoms with van der Waals surface area (Å²) in [7, 11) is -4.23. The monoisotopic (exact) mass is 473 g/mol. The Morgan fingerprint density at radius 3 is 2.39 bits per heavy atom. The van der Waals surface area contributed by atoms with Crippen molar-refractivity contribution in [2.75, 3.05) is 5.32 Å². The van der Waals surface area contributed by atoms with Crippen molar-refractivity contribution in [1.29, 1.82) is 0 Å². The van der Waals surface area contributed by atoms with Gasteiger partial charge < -0.3 is 10.6 Å². The second-order valence-electron chi connectivity index (χ2n) is 7.16. The zero-order chi connectivity index (χ0) is 24.0. The van der Waals surface area contributed by atoms with Crippen molar-refractivity contribution in [3.63, 3.8) is 0 Å². The predicted molar refractivity (Wildman–Crippen MR) is 119 cm³/mol. The van der Waals surface area contributed by atoms with E-state index < -0.39 is 44.4 Å². The fourth-order valence-corrected chi connectivity index (χ4v) is 4.23. The maximum absolute atomic E-state index is 13.8. The molecule has 10 heteroatoms. The van der Waals surface area contributed by atoms with Crippen molar-refractivity contribution in [1.82, 2.24) is 10.0 Å². The number of sulfonamides is 1. The van der Waals surface area contributed by atoms with E-state index in [1.807, 2.05) is 0 Å². The van der Waals surface area contributed by atoms with Crippen molar-refractivity contribution in [2.24, 2.45) is 0 Å². The first kappa shape index (κ1) is 24.0. The van der Waals surface area contributed by atoms with Crippen LogP contribution in [0.15, 0.2) is 77.7 Å². The number of hydrogen-bond acceptors (Lipinski definition) is 4. The Balaban J connectivity index is 1.59. The van der Waals surface area contributed by atoms with Crippen LogP contribution in [-0.4, -0.2) is 26.3 Å². The van der Waals surface area contributed by atoms with Crippen molar-refractivity contribution >= 4 is 27.5 Å². The van der Waals surface area contributed by atoms with Crippen LogP contribution in [-0.2, 0) is 21.4 Å². The Bertz CT molecular complexity index is 1280. The van der Waals surface area contributed by atoms with Gasteiger partial charge in [0.05, 0.1) is 6.04 Å². The molecule has 7 nitrogen and oxygen atoms in total. The van der Waals surface area contributed by atoms with Gasteiger partial charge in [0.15, 0.2) is 0 Å². The van der Waals surface area contributed by atoms with Crippen molar-refractivity contribution in [3.05, 3.63) is 95.6 Å². The largest absolute Gasteiger partial charge is 0.351 e. The van der Waals surface area contributed by atoms with Gasteiger partial charge in [-0.25, -0.2) is 17.2 Å². The van der Waals surface area contributed by atoms with E-state index in [1.54, 1.807) is 24.3 Å². The maximum atomic E-state index is 13.8. The summed E-state index contributed by atoms with van der Waals surface area (Å²) in [6, 6.07) is 15.6. The summed E-state index contributed by atoms with van der Waals surface area (Å²) in [5.74, 6) is -2.57. The van der Waals surface area contributed by atoms with E-state index in [9.17, 15) is 26.8 Å². The molecule has 0 heterocycles. The number of amides is 2. The van der Waals surface area contributed by atoms with Crippen LogP contribution in [0, 0.1) is 11.6 Å². The number of halogens is 2. The second-order valence-corrected chi connectivity index (χ2v) is 8.84. The van der Waals surface area contributed by atoms with E-state index in [0.29, 0.717) is 11.3 Å².